The van der Waals surface area contributed by atoms with E-state index >= 15 is 0 Å². The van der Waals surface area contributed by atoms with Crippen molar-refractivity contribution >= 4 is 17.7 Å². The number of nitrogens with zero attached hydrogens (tertiary/aromatic N) is 2. The van der Waals surface area contributed by atoms with Crippen molar-refractivity contribution in [2.75, 3.05) is 20.7 Å². The van der Waals surface area contributed by atoms with Gasteiger partial charge >= 0.3 is 0 Å². The normalized spacial score (nSPS) is 30.1. The molecule has 6 nitrogen and oxygen atoms in total. The van der Waals surface area contributed by atoms with E-state index in [9.17, 15) is 14.4 Å². The third kappa shape index (κ3) is 2.91. The molecule has 3 fully saturated rings. The highest BCUT2D eigenvalue weighted by atomic mass is 16.5. The minimum absolute atomic E-state index is 0.00309. The van der Waals surface area contributed by atoms with Gasteiger partial charge in [-0.3, -0.25) is 19.3 Å². The molecule has 2 bridgehead atoms. The highest BCUT2D eigenvalue weighted by Crippen LogP contribution is 2.42. The van der Waals surface area contributed by atoms with Crippen molar-refractivity contribution in [3.63, 3.8) is 0 Å². The molecule has 4 rings (SSSR count). The quantitative estimate of drug-likeness (QED) is 0.762. The van der Waals surface area contributed by atoms with Gasteiger partial charge in [0.15, 0.2) is 0 Å². The van der Waals surface area contributed by atoms with Crippen molar-refractivity contribution < 1.29 is 19.1 Å². The van der Waals surface area contributed by atoms with Crippen molar-refractivity contribution in [3.05, 3.63) is 29.8 Å². The number of imide groups is 1. The molecule has 3 atom stereocenters. The third-order valence-corrected chi connectivity index (χ3v) is 6.61. The summed E-state index contributed by atoms with van der Waals surface area (Å²) in [6, 6.07) is 7.47. The Morgan fingerprint density at radius 1 is 1.22 bits per heavy atom. The summed E-state index contributed by atoms with van der Waals surface area (Å²) in [5, 5.41) is 0. The molecule has 0 aromatic heterocycles. The fourth-order valence-electron chi connectivity index (χ4n) is 5.07. The second kappa shape index (κ2) is 6.66. The highest BCUT2D eigenvalue weighted by Gasteiger charge is 2.53. The lowest BCUT2D eigenvalue weighted by Gasteiger charge is -2.31. The molecule has 0 unspecified atom stereocenters. The predicted molar refractivity (Wildman–Crippen MR) is 99.1 cm³/mol. The van der Waals surface area contributed by atoms with Crippen molar-refractivity contribution in [2.45, 2.75) is 50.0 Å². The maximum atomic E-state index is 13.2. The van der Waals surface area contributed by atoms with Gasteiger partial charge in [0, 0.05) is 32.5 Å². The monoisotopic (exact) mass is 370 g/mol. The number of methoxy groups -OCH3 is 1. The van der Waals surface area contributed by atoms with Gasteiger partial charge in [-0.2, -0.15) is 0 Å². The molecule has 6 heteroatoms. The molecule has 144 valence electrons. The second-order valence-electron chi connectivity index (χ2n) is 8.15. The number of rotatable bonds is 4. The number of fused-ring (bicyclic) bond motifs is 2. The van der Waals surface area contributed by atoms with Crippen LogP contribution >= 0.6 is 0 Å². The van der Waals surface area contributed by atoms with Crippen LogP contribution in [-0.4, -0.2) is 54.3 Å². The Bertz CT molecular complexity index is 775. The lowest BCUT2D eigenvalue weighted by atomic mass is 9.75. The summed E-state index contributed by atoms with van der Waals surface area (Å²) >= 11 is 0. The summed E-state index contributed by atoms with van der Waals surface area (Å²) in [7, 11) is 3.08. The predicted octanol–water partition coefficient (Wildman–Crippen LogP) is 2.11. The van der Waals surface area contributed by atoms with E-state index in [1.165, 1.54) is 24.8 Å². The Balaban J connectivity index is 1.65. The van der Waals surface area contributed by atoms with Crippen LogP contribution in [0.4, 0.5) is 0 Å². The van der Waals surface area contributed by atoms with Crippen LogP contribution in [0.5, 0.6) is 5.75 Å². The smallest absolute Gasteiger partial charge is 0.240 e. The van der Waals surface area contributed by atoms with Crippen LogP contribution in [-0.2, 0) is 19.8 Å². The Labute approximate surface area is 159 Å². The van der Waals surface area contributed by atoms with Crippen molar-refractivity contribution in [2.24, 2.45) is 5.92 Å². The first-order valence-electron chi connectivity index (χ1n) is 9.69. The van der Waals surface area contributed by atoms with Gasteiger partial charge in [0.1, 0.15) is 5.75 Å². The number of ether oxygens (including phenoxy) is 1. The standard InChI is InChI=1S/C21H26N2O4/c1-22-18(24)11-21(20(22)26,15-6-8-17(27-2)9-7-15)12-19(25)23-13-14-4-3-5-16(23)10-14/h6-9,14,16H,3-5,10-13H2,1-2H3/t14-,16-,21+/m0/s1. The zero-order valence-electron chi connectivity index (χ0n) is 15.9. The minimum Gasteiger partial charge on any atom is -0.497 e. The van der Waals surface area contributed by atoms with E-state index in [2.05, 4.69) is 0 Å². The van der Waals surface area contributed by atoms with Gasteiger partial charge < -0.3 is 9.64 Å². The topological polar surface area (TPSA) is 66.9 Å². The van der Waals surface area contributed by atoms with Crippen LogP contribution in [0.3, 0.4) is 0 Å². The Morgan fingerprint density at radius 2 is 1.96 bits per heavy atom. The summed E-state index contributed by atoms with van der Waals surface area (Å²) in [5.41, 5.74) is -0.396. The Morgan fingerprint density at radius 3 is 2.56 bits per heavy atom. The van der Waals surface area contributed by atoms with E-state index in [1.54, 1.807) is 31.4 Å². The molecule has 0 radical (unpaired) electrons. The first-order chi connectivity index (χ1) is 12.9. The molecule has 3 amide bonds. The summed E-state index contributed by atoms with van der Waals surface area (Å²) in [6.45, 7) is 0.792. The van der Waals surface area contributed by atoms with Gasteiger partial charge in [-0.25, -0.2) is 0 Å². The Hall–Kier alpha value is -2.37. The summed E-state index contributed by atoms with van der Waals surface area (Å²) in [4.78, 5) is 41.8. The summed E-state index contributed by atoms with van der Waals surface area (Å²) in [6.07, 6.45) is 4.57. The molecule has 2 heterocycles. The lowest BCUT2D eigenvalue weighted by molar-refractivity contribution is -0.141. The van der Waals surface area contributed by atoms with E-state index in [-0.39, 0.29) is 30.6 Å². The second-order valence-corrected chi connectivity index (χ2v) is 8.15. The van der Waals surface area contributed by atoms with E-state index in [1.807, 2.05) is 4.90 Å². The summed E-state index contributed by atoms with van der Waals surface area (Å²) in [5.74, 6) is 0.751. The fourth-order valence-corrected chi connectivity index (χ4v) is 5.07. The average Bonchev–Trinajstić information content (AvgIpc) is 3.10. The third-order valence-electron chi connectivity index (χ3n) is 6.61. The molecule has 1 aromatic rings. The fraction of sp³-hybridized carbons (Fsp3) is 0.571. The molecule has 1 aromatic carbocycles. The molecule has 0 spiro atoms. The van der Waals surface area contributed by atoms with Gasteiger partial charge in [0.05, 0.1) is 12.5 Å². The van der Waals surface area contributed by atoms with Crippen LogP contribution in [0.15, 0.2) is 24.3 Å². The first kappa shape index (κ1) is 18.0. The van der Waals surface area contributed by atoms with Crippen LogP contribution < -0.4 is 4.74 Å². The van der Waals surface area contributed by atoms with E-state index in [4.69, 9.17) is 4.74 Å². The molecule has 3 aliphatic rings. The van der Waals surface area contributed by atoms with Gasteiger partial charge in [0.2, 0.25) is 17.7 Å². The number of hydrogen-bond acceptors (Lipinski definition) is 4. The van der Waals surface area contributed by atoms with Gasteiger partial charge in [-0.05, 0) is 42.9 Å². The van der Waals surface area contributed by atoms with Crippen molar-refractivity contribution in [1.82, 2.24) is 9.80 Å². The molecular formula is C21H26N2O4. The van der Waals surface area contributed by atoms with Crippen LogP contribution in [0, 0.1) is 5.92 Å². The number of likely N-dealkylation sites (tertiary alicyclic amines) is 2. The van der Waals surface area contributed by atoms with Gasteiger partial charge in [-0.15, -0.1) is 0 Å². The zero-order valence-corrected chi connectivity index (χ0v) is 15.9. The average molecular weight is 370 g/mol. The molecule has 2 saturated heterocycles. The largest absolute Gasteiger partial charge is 0.497 e. The lowest BCUT2D eigenvalue weighted by Crippen LogP contribution is -2.44. The van der Waals surface area contributed by atoms with Gasteiger partial charge in [0.25, 0.3) is 0 Å². The minimum atomic E-state index is -1.11. The molecule has 1 aliphatic carbocycles. The van der Waals surface area contributed by atoms with Crippen molar-refractivity contribution in [3.8, 4) is 5.75 Å². The number of amides is 3. The molecule has 27 heavy (non-hydrogen) atoms. The maximum Gasteiger partial charge on any atom is 0.240 e. The molecule has 0 N–H and O–H groups in total. The number of carbonyl (C=O) groups is 3. The molecule has 2 aliphatic heterocycles. The highest BCUT2D eigenvalue weighted by molar-refractivity contribution is 6.10. The SMILES string of the molecule is COc1ccc([C@]2(CC(=O)N3C[C@H]4CCC[C@H]3C4)CC(=O)N(C)C2=O)cc1. The number of hydrogen-bond donors (Lipinski definition) is 0. The molecular weight excluding hydrogens is 344 g/mol. The van der Waals surface area contributed by atoms with Crippen LogP contribution in [0.1, 0.15) is 44.1 Å². The first-order valence-corrected chi connectivity index (χ1v) is 9.69. The van der Waals surface area contributed by atoms with Gasteiger partial charge in [-0.1, -0.05) is 18.6 Å². The van der Waals surface area contributed by atoms with E-state index in [0.717, 1.165) is 19.4 Å². The zero-order chi connectivity index (χ0) is 19.2. The number of benzene rings is 1. The van der Waals surface area contributed by atoms with E-state index in [0.29, 0.717) is 23.3 Å². The number of carbonyl (C=O) groups excluding carboxylic acids is 3. The van der Waals surface area contributed by atoms with E-state index < -0.39 is 5.41 Å². The van der Waals surface area contributed by atoms with Crippen LogP contribution in [0.25, 0.3) is 0 Å². The molecule has 1 saturated carbocycles. The maximum absolute atomic E-state index is 13.2. The van der Waals surface area contributed by atoms with Crippen LogP contribution in [0.2, 0.25) is 0 Å². The van der Waals surface area contributed by atoms with Crippen molar-refractivity contribution in [1.29, 1.82) is 0 Å². The summed E-state index contributed by atoms with van der Waals surface area (Å²) < 4.78 is 5.21. The number of likely N-dealkylation sites (N-methyl/N-ethyl adjacent to an activating group) is 1. The Kier molecular flexibility index (Phi) is 4.44.